The zero-order valence-corrected chi connectivity index (χ0v) is 13.0. The zero-order valence-electron chi connectivity index (χ0n) is 13.0. The van der Waals surface area contributed by atoms with Gasteiger partial charge in [-0.2, -0.15) is 0 Å². The van der Waals surface area contributed by atoms with Gasteiger partial charge in [0.05, 0.1) is 12.1 Å². The van der Waals surface area contributed by atoms with E-state index in [2.05, 4.69) is 27.3 Å². The van der Waals surface area contributed by atoms with Crippen molar-refractivity contribution in [2.75, 3.05) is 6.54 Å². The Labute approximate surface area is 139 Å². The van der Waals surface area contributed by atoms with Gasteiger partial charge in [-0.3, -0.25) is 9.78 Å². The lowest BCUT2D eigenvalue weighted by Gasteiger charge is -2.14. The van der Waals surface area contributed by atoms with Crippen LogP contribution in [0.5, 0.6) is 0 Å². The Morgan fingerprint density at radius 1 is 1.12 bits per heavy atom. The number of likely N-dealkylation sites (tertiary alicyclic amines) is 1. The molecule has 2 aromatic heterocycles. The molecule has 1 aliphatic rings. The van der Waals surface area contributed by atoms with E-state index < -0.39 is 0 Å². The number of hydrogen-bond acceptors (Lipinski definition) is 5. The largest absolute Gasteiger partial charge is 0.419 e. The Balaban J connectivity index is 1.46. The first-order valence-corrected chi connectivity index (χ1v) is 7.85. The molecular formula is C18H16N4O2. The maximum atomic E-state index is 12.3. The second kappa shape index (κ2) is 6.23. The van der Waals surface area contributed by atoms with Crippen LogP contribution in [0.2, 0.25) is 0 Å². The second-order valence-electron chi connectivity index (χ2n) is 5.83. The fraction of sp³-hybridized carbons (Fsp3) is 0.222. The molecule has 1 saturated heterocycles. The van der Waals surface area contributed by atoms with Gasteiger partial charge < -0.3 is 9.32 Å². The number of hydrogen-bond donors (Lipinski definition) is 0. The smallest absolute Gasteiger partial charge is 0.249 e. The first-order chi connectivity index (χ1) is 11.8. The van der Waals surface area contributed by atoms with Crippen LogP contribution in [0.1, 0.15) is 23.8 Å². The lowest BCUT2D eigenvalue weighted by Crippen LogP contribution is -2.24. The Kier molecular flexibility index (Phi) is 3.78. The van der Waals surface area contributed by atoms with Crippen molar-refractivity contribution in [1.82, 2.24) is 20.1 Å². The van der Waals surface area contributed by atoms with Crippen LogP contribution in [0.25, 0.3) is 11.5 Å². The number of pyridine rings is 1. The summed E-state index contributed by atoms with van der Waals surface area (Å²) >= 11 is 0. The van der Waals surface area contributed by atoms with Gasteiger partial charge in [0.25, 0.3) is 0 Å². The maximum absolute atomic E-state index is 12.3. The van der Waals surface area contributed by atoms with Gasteiger partial charge in [0, 0.05) is 31.3 Å². The van der Waals surface area contributed by atoms with Crippen LogP contribution >= 0.6 is 0 Å². The van der Waals surface area contributed by atoms with Crippen molar-refractivity contribution in [3.05, 3.63) is 66.3 Å². The van der Waals surface area contributed by atoms with Gasteiger partial charge in [0.15, 0.2) is 0 Å². The Hall–Kier alpha value is -3.02. The van der Waals surface area contributed by atoms with Crippen molar-refractivity contribution in [3.8, 4) is 11.5 Å². The number of amides is 1. The molecule has 1 fully saturated rings. The van der Waals surface area contributed by atoms with E-state index >= 15 is 0 Å². The van der Waals surface area contributed by atoms with E-state index in [0.29, 0.717) is 31.3 Å². The van der Waals surface area contributed by atoms with E-state index in [9.17, 15) is 4.79 Å². The topological polar surface area (TPSA) is 72.1 Å². The zero-order chi connectivity index (χ0) is 16.4. The van der Waals surface area contributed by atoms with Gasteiger partial charge in [-0.1, -0.05) is 30.3 Å². The minimum Gasteiger partial charge on any atom is -0.419 e. The van der Waals surface area contributed by atoms with Crippen molar-refractivity contribution in [2.45, 2.75) is 18.9 Å². The van der Waals surface area contributed by atoms with Crippen LogP contribution in [0.4, 0.5) is 0 Å². The third kappa shape index (κ3) is 2.90. The molecule has 1 aliphatic heterocycles. The normalized spacial score (nSPS) is 17.4. The molecule has 120 valence electrons. The van der Waals surface area contributed by atoms with Crippen LogP contribution in [-0.4, -0.2) is 32.5 Å². The predicted octanol–water partition coefficient (Wildman–Crippen LogP) is 2.65. The van der Waals surface area contributed by atoms with Crippen molar-refractivity contribution >= 4 is 5.91 Å². The fourth-order valence-corrected chi connectivity index (χ4v) is 2.96. The molecule has 1 atom stereocenters. The SMILES string of the molecule is O=C1C[C@H](c2ccccc2)CN1Cc1nnc(-c2cccnc2)o1. The average Bonchev–Trinajstić information content (AvgIpc) is 3.24. The Morgan fingerprint density at radius 3 is 2.79 bits per heavy atom. The average molecular weight is 320 g/mol. The molecule has 0 bridgehead atoms. The number of nitrogens with zero attached hydrogens (tertiary/aromatic N) is 4. The molecule has 0 radical (unpaired) electrons. The number of carbonyl (C=O) groups excluding carboxylic acids is 1. The summed E-state index contributed by atoms with van der Waals surface area (Å²) < 4.78 is 5.66. The van der Waals surface area contributed by atoms with E-state index in [4.69, 9.17) is 4.42 Å². The van der Waals surface area contributed by atoms with E-state index in [0.717, 1.165) is 5.56 Å². The predicted molar refractivity (Wildman–Crippen MR) is 86.7 cm³/mol. The summed E-state index contributed by atoms with van der Waals surface area (Å²) in [5.41, 5.74) is 1.96. The van der Waals surface area contributed by atoms with Crippen molar-refractivity contribution in [3.63, 3.8) is 0 Å². The number of rotatable bonds is 4. The quantitative estimate of drug-likeness (QED) is 0.739. The summed E-state index contributed by atoms with van der Waals surface area (Å²) in [5, 5.41) is 8.09. The molecule has 0 unspecified atom stereocenters. The molecular weight excluding hydrogens is 304 g/mol. The first-order valence-electron chi connectivity index (χ1n) is 7.85. The number of carbonyl (C=O) groups is 1. The second-order valence-corrected chi connectivity index (χ2v) is 5.83. The molecule has 1 amide bonds. The lowest BCUT2D eigenvalue weighted by atomic mass is 9.99. The van der Waals surface area contributed by atoms with Crippen LogP contribution < -0.4 is 0 Å². The van der Waals surface area contributed by atoms with Crippen LogP contribution in [0.3, 0.4) is 0 Å². The standard InChI is InChI=1S/C18H16N4O2/c23-17-9-15(13-5-2-1-3-6-13)11-22(17)12-16-20-21-18(24-16)14-7-4-8-19-10-14/h1-8,10,15H,9,11-12H2/t15-/m0/s1. The first kappa shape index (κ1) is 14.6. The lowest BCUT2D eigenvalue weighted by molar-refractivity contribution is -0.128. The molecule has 0 spiro atoms. The number of aromatic nitrogens is 3. The summed E-state index contributed by atoms with van der Waals surface area (Å²) in [4.78, 5) is 18.1. The summed E-state index contributed by atoms with van der Waals surface area (Å²) in [6.45, 7) is 1.02. The number of benzene rings is 1. The molecule has 24 heavy (non-hydrogen) atoms. The molecule has 3 aromatic rings. The molecule has 0 N–H and O–H groups in total. The molecule has 0 aliphatic carbocycles. The summed E-state index contributed by atoms with van der Waals surface area (Å²) in [5.74, 6) is 1.20. The summed E-state index contributed by atoms with van der Waals surface area (Å²) in [6, 6.07) is 13.8. The van der Waals surface area contributed by atoms with Gasteiger partial charge in [0.2, 0.25) is 17.7 Å². The molecule has 0 saturated carbocycles. The summed E-state index contributed by atoms with van der Waals surface area (Å²) in [6.07, 6.45) is 3.88. The Bertz CT molecular complexity index is 832. The summed E-state index contributed by atoms with van der Waals surface area (Å²) in [7, 11) is 0. The van der Waals surface area contributed by atoms with Gasteiger partial charge >= 0.3 is 0 Å². The van der Waals surface area contributed by atoms with Crippen LogP contribution in [0.15, 0.2) is 59.3 Å². The third-order valence-corrected chi connectivity index (χ3v) is 4.19. The minimum absolute atomic E-state index is 0.116. The van der Waals surface area contributed by atoms with Crippen LogP contribution in [-0.2, 0) is 11.3 Å². The molecule has 3 heterocycles. The molecule has 6 heteroatoms. The monoisotopic (exact) mass is 320 g/mol. The van der Waals surface area contributed by atoms with E-state index in [1.807, 2.05) is 30.3 Å². The van der Waals surface area contributed by atoms with Gasteiger partial charge in [-0.25, -0.2) is 0 Å². The Morgan fingerprint density at radius 2 is 2.00 bits per heavy atom. The van der Waals surface area contributed by atoms with Gasteiger partial charge in [0.1, 0.15) is 0 Å². The van der Waals surface area contributed by atoms with Gasteiger partial charge in [-0.15, -0.1) is 10.2 Å². The molecule has 4 rings (SSSR count). The van der Waals surface area contributed by atoms with Crippen molar-refractivity contribution < 1.29 is 9.21 Å². The third-order valence-electron chi connectivity index (χ3n) is 4.19. The maximum Gasteiger partial charge on any atom is 0.249 e. The highest BCUT2D eigenvalue weighted by Crippen LogP contribution is 2.29. The highest BCUT2D eigenvalue weighted by molar-refractivity contribution is 5.79. The van der Waals surface area contributed by atoms with Crippen molar-refractivity contribution in [1.29, 1.82) is 0 Å². The molecule has 1 aromatic carbocycles. The fourth-order valence-electron chi connectivity index (χ4n) is 2.96. The van der Waals surface area contributed by atoms with E-state index in [1.54, 1.807) is 17.3 Å². The highest BCUT2D eigenvalue weighted by atomic mass is 16.4. The van der Waals surface area contributed by atoms with E-state index in [1.165, 1.54) is 5.56 Å². The highest BCUT2D eigenvalue weighted by Gasteiger charge is 2.31. The minimum atomic E-state index is 0.116. The van der Waals surface area contributed by atoms with Crippen LogP contribution in [0, 0.1) is 0 Å². The molecule has 6 nitrogen and oxygen atoms in total. The van der Waals surface area contributed by atoms with Crippen molar-refractivity contribution in [2.24, 2.45) is 0 Å². The van der Waals surface area contributed by atoms with E-state index in [-0.39, 0.29) is 11.8 Å². The van der Waals surface area contributed by atoms with Gasteiger partial charge in [-0.05, 0) is 17.7 Å².